The molecule has 0 radical (unpaired) electrons. The van der Waals surface area contributed by atoms with Crippen molar-refractivity contribution in [3.05, 3.63) is 53.9 Å². The van der Waals surface area contributed by atoms with Crippen LogP contribution < -0.4 is 5.43 Å². The third-order valence-corrected chi connectivity index (χ3v) is 5.42. The van der Waals surface area contributed by atoms with Crippen LogP contribution in [-0.2, 0) is 16.6 Å². The van der Waals surface area contributed by atoms with Crippen LogP contribution in [0.5, 0.6) is 0 Å². The Morgan fingerprint density at radius 3 is 2.88 bits per heavy atom. The van der Waals surface area contributed by atoms with Crippen molar-refractivity contribution in [3.8, 4) is 0 Å². The Morgan fingerprint density at radius 2 is 2.12 bits per heavy atom. The lowest BCUT2D eigenvalue weighted by molar-refractivity contribution is -0.126. The van der Waals surface area contributed by atoms with Crippen LogP contribution in [0.1, 0.15) is 49.0 Å². The highest BCUT2D eigenvalue weighted by atomic mass is 16.5. The fourth-order valence-corrected chi connectivity index (χ4v) is 4.01. The smallest absolute Gasteiger partial charge is 0.246 e. The summed E-state index contributed by atoms with van der Waals surface area (Å²) in [5, 5.41) is 8.66. The number of hydrogen-bond acceptors (Lipinski definition) is 4. The predicted molar refractivity (Wildman–Crippen MR) is 98.6 cm³/mol. The fourth-order valence-electron chi connectivity index (χ4n) is 4.01. The van der Waals surface area contributed by atoms with Crippen molar-refractivity contribution in [2.45, 2.75) is 37.7 Å². The Labute approximate surface area is 153 Å². The number of amides is 1. The number of nitrogens with zero attached hydrogens (tertiary/aromatic N) is 3. The lowest BCUT2D eigenvalue weighted by Gasteiger charge is -2.17. The van der Waals surface area contributed by atoms with E-state index in [1.165, 1.54) is 5.69 Å². The second-order valence-electron chi connectivity index (χ2n) is 7.07. The molecule has 1 unspecified atom stereocenters. The van der Waals surface area contributed by atoms with Gasteiger partial charge in [-0.1, -0.05) is 30.3 Å². The van der Waals surface area contributed by atoms with Gasteiger partial charge in [0.05, 0.1) is 12.0 Å². The molecule has 4 rings (SSSR count). The van der Waals surface area contributed by atoms with Crippen LogP contribution in [-0.4, -0.2) is 28.0 Å². The van der Waals surface area contributed by atoms with Crippen LogP contribution >= 0.6 is 0 Å². The molecule has 6 nitrogen and oxygen atoms in total. The molecule has 1 aromatic carbocycles. The van der Waals surface area contributed by atoms with E-state index < -0.39 is 0 Å². The molecular formula is C20H24N4O2. The second-order valence-corrected chi connectivity index (χ2v) is 7.07. The topological polar surface area (TPSA) is 68.5 Å². The Balaban J connectivity index is 1.38. The van der Waals surface area contributed by atoms with E-state index >= 15 is 0 Å². The van der Waals surface area contributed by atoms with E-state index in [9.17, 15) is 4.79 Å². The summed E-state index contributed by atoms with van der Waals surface area (Å²) in [5.41, 5.74) is 6.13. The van der Waals surface area contributed by atoms with Gasteiger partial charge < -0.3 is 4.74 Å². The first kappa shape index (κ1) is 17.0. The largest absolute Gasteiger partial charge is 0.373 e. The van der Waals surface area contributed by atoms with Gasteiger partial charge in [-0.2, -0.15) is 10.2 Å². The van der Waals surface area contributed by atoms with Gasteiger partial charge in [0.2, 0.25) is 5.91 Å². The first-order valence-corrected chi connectivity index (χ1v) is 9.22. The molecule has 0 bridgehead atoms. The number of carbonyl (C=O) groups is 1. The van der Waals surface area contributed by atoms with E-state index in [2.05, 4.69) is 21.7 Å². The standard InChI is InChI=1S/C20H24N4O2/c1-24-18(9-11-21-24)15-7-8-16(13-15)22-23-20(25)17-10-12-26-19(17)14-5-3-2-4-6-14/h2-6,9,11,15,17,19H,7-8,10,12-13H2,1H3,(H,23,25)/b22-16+/t15?,17-,19+/m1/s1. The van der Waals surface area contributed by atoms with Gasteiger partial charge in [-0.3, -0.25) is 9.48 Å². The number of benzene rings is 1. The van der Waals surface area contributed by atoms with Gasteiger partial charge in [-0.15, -0.1) is 0 Å². The van der Waals surface area contributed by atoms with Gasteiger partial charge >= 0.3 is 0 Å². The number of ether oxygens (including phenoxy) is 1. The number of hydrazone groups is 1. The van der Waals surface area contributed by atoms with Gasteiger partial charge in [0.15, 0.2) is 0 Å². The summed E-state index contributed by atoms with van der Waals surface area (Å²) in [6.45, 7) is 0.608. The average Bonchev–Trinajstić information content (AvgIpc) is 3.40. The summed E-state index contributed by atoms with van der Waals surface area (Å²) < 4.78 is 7.73. The molecule has 1 aliphatic carbocycles. The van der Waals surface area contributed by atoms with E-state index in [0.29, 0.717) is 12.5 Å². The molecule has 1 aromatic heterocycles. The Bertz CT molecular complexity index is 799. The number of rotatable bonds is 4. The third kappa shape index (κ3) is 3.42. The highest BCUT2D eigenvalue weighted by molar-refractivity contribution is 5.89. The van der Waals surface area contributed by atoms with Gasteiger partial charge in [-0.05, 0) is 37.3 Å². The minimum Gasteiger partial charge on any atom is -0.373 e. The van der Waals surface area contributed by atoms with Crippen molar-refractivity contribution >= 4 is 11.6 Å². The summed E-state index contributed by atoms with van der Waals surface area (Å²) in [6, 6.07) is 12.0. The number of hydrogen-bond donors (Lipinski definition) is 1. The summed E-state index contributed by atoms with van der Waals surface area (Å²) in [5.74, 6) is 0.203. The van der Waals surface area contributed by atoms with Gasteiger partial charge in [0, 0.05) is 37.2 Å². The minimum atomic E-state index is -0.184. The van der Waals surface area contributed by atoms with Crippen molar-refractivity contribution in [1.29, 1.82) is 0 Å². The van der Waals surface area contributed by atoms with Crippen LogP contribution in [0, 0.1) is 5.92 Å². The van der Waals surface area contributed by atoms with E-state index in [4.69, 9.17) is 4.74 Å². The quantitative estimate of drug-likeness (QED) is 0.860. The molecule has 2 heterocycles. The highest BCUT2D eigenvalue weighted by Crippen LogP contribution is 2.35. The zero-order valence-corrected chi connectivity index (χ0v) is 15.0. The van der Waals surface area contributed by atoms with Gasteiger partial charge in [0.25, 0.3) is 0 Å². The summed E-state index contributed by atoms with van der Waals surface area (Å²) >= 11 is 0. The summed E-state index contributed by atoms with van der Waals surface area (Å²) in [6.07, 6.45) is 5.22. The molecule has 2 fully saturated rings. The van der Waals surface area contributed by atoms with E-state index in [-0.39, 0.29) is 17.9 Å². The van der Waals surface area contributed by atoms with Crippen LogP contribution in [0.4, 0.5) is 0 Å². The molecule has 136 valence electrons. The lowest BCUT2D eigenvalue weighted by atomic mass is 9.95. The minimum absolute atomic E-state index is 0.0483. The van der Waals surface area contributed by atoms with Crippen LogP contribution in [0.25, 0.3) is 0 Å². The predicted octanol–water partition coefficient (Wildman–Crippen LogP) is 2.94. The molecule has 1 amide bonds. The number of aromatic nitrogens is 2. The van der Waals surface area contributed by atoms with Gasteiger partial charge in [-0.25, -0.2) is 5.43 Å². The first-order chi connectivity index (χ1) is 12.7. The SMILES string of the molecule is Cn1nccc1C1CC/C(=N\NC(=O)[C@@H]2CCO[C@H]2c2ccccc2)C1. The molecule has 26 heavy (non-hydrogen) atoms. The van der Waals surface area contributed by atoms with Crippen molar-refractivity contribution in [2.24, 2.45) is 18.1 Å². The van der Waals surface area contributed by atoms with Crippen molar-refractivity contribution in [3.63, 3.8) is 0 Å². The first-order valence-electron chi connectivity index (χ1n) is 9.22. The summed E-state index contributed by atoms with van der Waals surface area (Å²) in [4.78, 5) is 12.6. The maximum absolute atomic E-state index is 12.6. The maximum atomic E-state index is 12.6. The number of nitrogens with one attached hydrogen (secondary N) is 1. The molecule has 1 N–H and O–H groups in total. The Hall–Kier alpha value is -2.47. The molecule has 1 saturated carbocycles. The Morgan fingerprint density at radius 1 is 1.27 bits per heavy atom. The Kier molecular flexibility index (Phi) is 4.84. The average molecular weight is 352 g/mol. The van der Waals surface area contributed by atoms with Crippen LogP contribution in [0.2, 0.25) is 0 Å². The fraction of sp³-hybridized carbons (Fsp3) is 0.450. The van der Waals surface area contributed by atoms with Gasteiger partial charge in [0.1, 0.15) is 0 Å². The van der Waals surface area contributed by atoms with Crippen LogP contribution in [0.3, 0.4) is 0 Å². The molecule has 3 atom stereocenters. The lowest BCUT2D eigenvalue weighted by Crippen LogP contribution is -2.29. The molecule has 1 aliphatic heterocycles. The monoisotopic (exact) mass is 352 g/mol. The van der Waals surface area contributed by atoms with Crippen LogP contribution in [0.15, 0.2) is 47.7 Å². The molecular weight excluding hydrogens is 328 g/mol. The number of carbonyl (C=O) groups excluding carboxylic acids is 1. The number of aryl methyl sites for hydroxylation is 1. The van der Waals surface area contributed by atoms with Crippen molar-refractivity contribution < 1.29 is 9.53 Å². The highest BCUT2D eigenvalue weighted by Gasteiger charge is 2.35. The zero-order chi connectivity index (χ0) is 17.9. The molecule has 0 spiro atoms. The van der Waals surface area contributed by atoms with Crippen molar-refractivity contribution in [1.82, 2.24) is 15.2 Å². The second kappa shape index (κ2) is 7.41. The molecule has 1 saturated heterocycles. The van der Waals surface area contributed by atoms with E-state index in [1.807, 2.05) is 48.3 Å². The normalized spacial score (nSPS) is 27.1. The maximum Gasteiger partial charge on any atom is 0.246 e. The van der Waals surface area contributed by atoms with E-state index in [1.54, 1.807) is 0 Å². The summed E-state index contributed by atoms with van der Waals surface area (Å²) in [7, 11) is 1.97. The molecule has 6 heteroatoms. The molecule has 2 aromatic rings. The molecule has 2 aliphatic rings. The third-order valence-electron chi connectivity index (χ3n) is 5.42. The van der Waals surface area contributed by atoms with Crippen molar-refractivity contribution in [2.75, 3.05) is 6.61 Å². The van der Waals surface area contributed by atoms with E-state index in [0.717, 1.165) is 37.0 Å². The zero-order valence-electron chi connectivity index (χ0n) is 15.0.